The highest BCUT2D eigenvalue weighted by atomic mass is 32.3. The Morgan fingerprint density at radius 3 is 1.64 bits per heavy atom. The summed E-state index contributed by atoms with van der Waals surface area (Å²) < 4.78 is 173. The van der Waals surface area contributed by atoms with Gasteiger partial charge in [0.1, 0.15) is 4.90 Å². The Bertz CT molecular complexity index is 3780. The molecule has 34 nitrogen and oxygen atoms in total. The van der Waals surface area contributed by atoms with Crippen molar-refractivity contribution in [3.63, 3.8) is 0 Å². The van der Waals surface area contributed by atoms with Gasteiger partial charge in [-0.25, -0.2) is 36.3 Å². The minimum Gasteiger partial charge on any atom is -0.492 e. The lowest BCUT2D eigenvalue weighted by molar-refractivity contribution is -0.434. The fraction of sp³-hybridized carbons (Fsp3) is 0.114. The van der Waals surface area contributed by atoms with Crippen molar-refractivity contribution in [2.24, 2.45) is 20.5 Å². The van der Waals surface area contributed by atoms with Gasteiger partial charge in [-0.1, -0.05) is 22.2 Å². The number of azo groups is 2. The van der Waals surface area contributed by atoms with Crippen LogP contribution in [0.5, 0.6) is 17.6 Å². The van der Waals surface area contributed by atoms with E-state index < -0.39 is 127 Å². The first-order valence-electron chi connectivity index (χ1n) is 19.5. The van der Waals surface area contributed by atoms with Crippen molar-refractivity contribution in [3.8, 4) is 40.1 Å². The van der Waals surface area contributed by atoms with Gasteiger partial charge in [0.05, 0.1) is 69.3 Å². The quantitative estimate of drug-likeness (QED) is 0.00894. The molecule has 0 aliphatic heterocycles. The summed E-state index contributed by atoms with van der Waals surface area (Å²) in [5.41, 5.74) is -3.80. The van der Waals surface area contributed by atoms with Crippen LogP contribution in [0, 0.1) is 0 Å². The van der Waals surface area contributed by atoms with E-state index in [9.17, 15) is 71.3 Å². The Labute approximate surface area is 434 Å². The van der Waals surface area contributed by atoms with Crippen LogP contribution in [0.25, 0.3) is 22.5 Å². The third-order valence-corrected chi connectivity index (χ3v) is 15.4. The lowest BCUT2D eigenvalue weighted by atomic mass is 10.0. The van der Waals surface area contributed by atoms with Gasteiger partial charge in [-0.05, 0) is 78.4 Å². The molecule has 0 aliphatic rings. The van der Waals surface area contributed by atoms with Crippen LogP contribution >= 0.6 is 24.4 Å². The predicted molar refractivity (Wildman–Crippen MR) is 250 cm³/mol. The summed E-state index contributed by atoms with van der Waals surface area (Å²) in [6.45, 7) is -1.34. The van der Waals surface area contributed by atoms with E-state index in [1.165, 1.54) is 12.1 Å². The highest BCUT2D eigenvalue weighted by Gasteiger charge is 2.28. The molecule has 2 heterocycles. The molecule has 8 N–H and O–H groups in total. The molecule has 4 aromatic carbocycles. The Balaban J connectivity index is 1.30. The molecule has 0 spiro atoms. The molecule has 0 atom stereocenters. The van der Waals surface area contributed by atoms with E-state index in [2.05, 4.69) is 57.8 Å². The molecule has 0 saturated carbocycles. The lowest BCUT2D eigenvalue weighted by Gasteiger charge is -2.12. The zero-order valence-electron chi connectivity index (χ0n) is 36.8. The number of aromatic carboxylic acids is 1. The van der Waals surface area contributed by atoms with E-state index in [4.69, 9.17) is 19.3 Å². The van der Waals surface area contributed by atoms with Gasteiger partial charge in [0.2, 0.25) is 23.1 Å². The molecule has 6 rings (SSSR count). The molecule has 0 amide bonds. The maximum absolute atomic E-state index is 12.8. The van der Waals surface area contributed by atoms with Gasteiger partial charge in [-0.2, -0.15) is 49.9 Å². The molecule has 76 heavy (non-hydrogen) atoms. The number of carbonyl (C=O) groups is 1. The largest absolute Gasteiger partial charge is 0.492 e. The summed E-state index contributed by atoms with van der Waals surface area (Å²) in [4.78, 5) is 10.5. The monoisotopic (exact) mass is 1200 g/mol. The van der Waals surface area contributed by atoms with Crippen LogP contribution in [0.4, 0.5) is 22.7 Å². The van der Waals surface area contributed by atoms with Crippen molar-refractivity contribution in [2.75, 3.05) is 24.7 Å². The summed E-state index contributed by atoms with van der Waals surface area (Å²) in [6, 6.07) is 14.9. The average molecular weight is 1200 g/mol. The fourth-order valence-electron chi connectivity index (χ4n) is 6.05. The van der Waals surface area contributed by atoms with Crippen LogP contribution in [0.15, 0.2) is 125 Å². The topological polar surface area (TPSA) is 499 Å². The Kier molecular flexibility index (Phi) is 18.6. The first-order chi connectivity index (χ1) is 35.6. The molecular formula is C35H30N8O26S7. The van der Waals surface area contributed by atoms with Crippen LogP contribution in [0.3, 0.4) is 0 Å². The van der Waals surface area contributed by atoms with Crippen LogP contribution in [-0.4, -0.2) is 132 Å². The number of carboxylic acids is 1. The zero-order chi connectivity index (χ0) is 55.8. The second-order valence-electron chi connectivity index (χ2n) is 14.0. The first-order valence-corrected chi connectivity index (χ1v) is 28.3. The molecule has 0 unspecified atom stereocenters. The zero-order valence-corrected chi connectivity index (χ0v) is 42.5. The Morgan fingerprint density at radius 2 is 1.12 bits per heavy atom. The van der Waals surface area contributed by atoms with Gasteiger partial charge in [-0.3, -0.25) is 17.8 Å². The summed E-state index contributed by atoms with van der Waals surface area (Å²) in [7, 11) is -23.7. The first kappa shape index (κ1) is 58.6. The van der Waals surface area contributed by atoms with Crippen LogP contribution < -0.4 is 4.18 Å². The van der Waals surface area contributed by atoms with Gasteiger partial charge in [0.25, 0.3) is 16.0 Å². The van der Waals surface area contributed by atoms with Gasteiger partial charge in [0.15, 0.2) is 37.7 Å². The van der Waals surface area contributed by atoms with Crippen LogP contribution in [-0.2, 0) is 77.7 Å². The number of benzene rings is 4. The number of nitrogens with zero attached hydrogens (tertiary/aromatic N) is 8. The van der Waals surface area contributed by atoms with Crippen molar-refractivity contribution >= 4 is 104 Å². The summed E-state index contributed by atoms with van der Waals surface area (Å²) >= 11 is 0.378. The lowest BCUT2D eigenvalue weighted by Crippen LogP contribution is -2.15. The highest BCUT2D eigenvalue weighted by molar-refractivity contribution is 7.94. The van der Waals surface area contributed by atoms with E-state index >= 15 is 0 Å². The van der Waals surface area contributed by atoms with Gasteiger partial charge < -0.3 is 19.5 Å². The number of aromatic hydroxyl groups is 2. The van der Waals surface area contributed by atoms with Crippen molar-refractivity contribution < 1.29 is 118 Å². The van der Waals surface area contributed by atoms with E-state index in [0.29, 0.717) is 9.36 Å². The summed E-state index contributed by atoms with van der Waals surface area (Å²) in [5, 5.41) is 78.7. The van der Waals surface area contributed by atoms with Crippen molar-refractivity contribution in [1.29, 1.82) is 0 Å². The molecule has 41 heteroatoms. The standard InChI is InChI=1S/C35H30N8O26S7/c44-33-29(30(35(46)47)40-42(33)21-3-7-24(8-4-21)73(52,53)16-14-64-75(57,58)59)38-36-19-1-11-25(27(17-19)70-68-66-48)26-12-2-20(18-28(26)74(54,55)56)37-39-31-32(65-76(60,61)62)41-43(34(31)45)22-5-9-23(10-6-22)72(50,51)15-13-63-71-69-67-49/h1-12,17-18,44-45,48-49H,13-16H2,(H,46,47)(H,54,55,56)(H,57,58,59)(H,60,61,62). The predicted octanol–water partition coefficient (Wildman–Crippen LogP) is 4.89. The second kappa shape index (κ2) is 24.2. The third kappa shape index (κ3) is 15.1. The van der Waals surface area contributed by atoms with Gasteiger partial charge in [0, 0.05) is 10.5 Å². The Hall–Kier alpha value is -6.62. The number of carboxylic acid groups (broad SMARTS) is 1. The SMILES string of the molecule is O=C(O)c1nn(-c2ccc(S(=O)(=O)CCOS(=O)(=O)O)cc2)c(O)c1N=Nc1ccc(-c2ccc(N=Nc3c(OS(=O)(=O)O)nn(-c4ccc(S(=O)(=O)CCOSOOO)cc4)c3O)cc2S(=O)(=O)O)c(SOOO)c1. The van der Waals surface area contributed by atoms with Crippen molar-refractivity contribution in [1.82, 2.24) is 19.6 Å². The molecule has 0 saturated heterocycles. The van der Waals surface area contributed by atoms with E-state index in [1.807, 2.05) is 0 Å². The normalized spacial score (nSPS) is 12.8. The molecule has 2 aromatic heterocycles. The van der Waals surface area contributed by atoms with Crippen LogP contribution in [0.1, 0.15) is 10.5 Å². The summed E-state index contributed by atoms with van der Waals surface area (Å²) in [6.07, 6.45) is 0. The number of hydrogen-bond acceptors (Lipinski definition) is 30. The van der Waals surface area contributed by atoms with Crippen molar-refractivity contribution in [3.05, 3.63) is 90.6 Å². The minimum absolute atomic E-state index is 0.106. The Morgan fingerprint density at radius 1 is 0.605 bits per heavy atom. The average Bonchev–Trinajstić information content (AvgIpc) is 3.84. The number of hydrogen-bond donors (Lipinski definition) is 8. The maximum Gasteiger partial charge on any atom is 0.448 e. The number of sulfone groups is 2. The maximum atomic E-state index is 12.8. The number of rotatable bonds is 26. The van der Waals surface area contributed by atoms with E-state index in [-0.39, 0.29) is 67.2 Å². The molecule has 0 radical (unpaired) electrons. The molecule has 0 aliphatic carbocycles. The van der Waals surface area contributed by atoms with Crippen molar-refractivity contribution in [2.45, 2.75) is 19.6 Å². The molecule has 0 fully saturated rings. The highest BCUT2D eigenvalue weighted by Crippen LogP contribution is 2.43. The fourth-order valence-corrected chi connectivity index (χ4v) is 10.5. The van der Waals surface area contributed by atoms with E-state index in [1.54, 1.807) is 0 Å². The smallest absolute Gasteiger partial charge is 0.448 e. The van der Waals surface area contributed by atoms with Gasteiger partial charge >= 0.3 is 26.8 Å². The molecule has 408 valence electrons. The second-order valence-corrected chi connectivity index (χ2v) is 23.0. The van der Waals surface area contributed by atoms with E-state index in [0.717, 1.165) is 72.8 Å². The third-order valence-electron chi connectivity index (χ3n) is 9.22. The van der Waals surface area contributed by atoms with Crippen LogP contribution in [0.2, 0.25) is 0 Å². The molecular weight excluding hydrogens is 1170 g/mol. The van der Waals surface area contributed by atoms with Gasteiger partial charge in [-0.15, -0.1) is 24.0 Å². The number of aromatic nitrogens is 4. The minimum atomic E-state index is -5.38. The molecule has 0 bridgehead atoms. The molecule has 6 aromatic rings. The summed E-state index contributed by atoms with van der Waals surface area (Å²) in [5.74, 6) is -6.22.